The molecule has 2 heterocycles. The summed E-state index contributed by atoms with van der Waals surface area (Å²) >= 11 is 13.3. The number of hydrogen-bond acceptors (Lipinski definition) is 4. The van der Waals surface area contributed by atoms with E-state index in [9.17, 15) is 4.79 Å². The summed E-state index contributed by atoms with van der Waals surface area (Å²) in [5.41, 5.74) is 1.92. The zero-order valence-corrected chi connectivity index (χ0v) is 16.6. The Balaban J connectivity index is 1.45. The molecular weight excluding hydrogens is 384 g/mol. The van der Waals surface area contributed by atoms with E-state index in [0.717, 1.165) is 57.4 Å². The fourth-order valence-corrected chi connectivity index (χ4v) is 5.00. The van der Waals surface area contributed by atoms with E-state index in [-0.39, 0.29) is 11.7 Å². The summed E-state index contributed by atoms with van der Waals surface area (Å²) in [6.07, 6.45) is 1.79. The molecule has 0 saturated carbocycles. The van der Waals surface area contributed by atoms with Gasteiger partial charge in [-0.25, -0.2) is 0 Å². The maximum Gasteiger partial charge on any atom is 0.166 e. The maximum absolute atomic E-state index is 12.6. The number of ketones is 1. The topological polar surface area (TPSA) is 25.2 Å². The second kappa shape index (κ2) is 7.61. The second-order valence-electron chi connectivity index (χ2n) is 6.67. The van der Waals surface area contributed by atoms with Crippen LogP contribution in [0.3, 0.4) is 0 Å². The average molecular weight is 403 g/mol. The number of halogens is 1. The number of aromatic nitrogens is 1. The molecule has 6 heteroatoms. The molecule has 1 saturated heterocycles. The number of Topliss-reactive ketones (excluding diaryl/α,β-unsaturated/α-hetero) is 1. The highest BCUT2D eigenvalue weighted by Gasteiger charge is 2.26. The molecule has 1 aromatic heterocycles. The first kappa shape index (κ1) is 17.9. The molecule has 0 amide bonds. The number of carbonyl (C=O) groups is 1. The number of piperidine rings is 1. The summed E-state index contributed by atoms with van der Waals surface area (Å²) < 4.78 is 4.18. The van der Waals surface area contributed by atoms with Gasteiger partial charge in [-0.2, -0.15) is 0 Å². The first-order valence-electron chi connectivity index (χ1n) is 8.72. The summed E-state index contributed by atoms with van der Waals surface area (Å²) in [6, 6.07) is 15.5. The van der Waals surface area contributed by atoms with Crippen LogP contribution in [0.4, 0.5) is 0 Å². The smallest absolute Gasteiger partial charge is 0.166 e. The molecule has 1 fully saturated rings. The SMILES string of the molecule is O=C(c1ccccc1)C1CCN(Cn2c(=S)sc3ccc(Cl)cc32)CC1. The van der Waals surface area contributed by atoms with Crippen LogP contribution in [-0.4, -0.2) is 28.3 Å². The van der Waals surface area contributed by atoms with Crippen LogP contribution in [0.5, 0.6) is 0 Å². The molecule has 0 N–H and O–H groups in total. The van der Waals surface area contributed by atoms with E-state index in [0.29, 0.717) is 0 Å². The number of nitrogens with zero attached hydrogens (tertiary/aromatic N) is 2. The van der Waals surface area contributed by atoms with Gasteiger partial charge in [0.15, 0.2) is 9.74 Å². The van der Waals surface area contributed by atoms with Crippen LogP contribution >= 0.6 is 35.2 Å². The van der Waals surface area contributed by atoms with E-state index in [1.165, 1.54) is 0 Å². The lowest BCUT2D eigenvalue weighted by Gasteiger charge is -2.31. The van der Waals surface area contributed by atoms with E-state index in [4.69, 9.17) is 23.8 Å². The predicted molar refractivity (Wildman–Crippen MR) is 111 cm³/mol. The van der Waals surface area contributed by atoms with E-state index >= 15 is 0 Å². The van der Waals surface area contributed by atoms with Gasteiger partial charge in [-0.15, -0.1) is 11.3 Å². The molecule has 134 valence electrons. The van der Waals surface area contributed by atoms with Crippen LogP contribution in [0.15, 0.2) is 48.5 Å². The van der Waals surface area contributed by atoms with Crippen LogP contribution in [0.2, 0.25) is 5.02 Å². The number of likely N-dealkylation sites (tertiary alicyclic amines) is 1. The van der Waals surface area contributed by atoms with Crippen molar-refractivity contribution in [3.63, 3.8) is 0 Å². The van der Waals surface area contributed by atoms with Crippen LogP contribution in [0.1, 0.15) is 23.2 Å². The van der Waals surface area contributed by atoms with Crippen molar-refractivity contribution in [3.8, 4) is 0 Å². The molecule has 0 radical (unpaired) electrons. The summed E-state index contributed by atoms with van der Waals surface area (Å²) in [4.78, 5) is 15.0. The first-order chi connectivity index (χ1) is 12.6. The quantitative estimate of drug-likeness (QED) is 0.417. The molecule has 3 aromatic rings. The molecule has 0 atom stereocenters. The van der Waals surface area contributed by atoms with Crippen molar-refractivity contribution >= 4 is 51.2 Å². The summed E-state index contributed by atoms with van der Waals surface area (Å²) in [6.45, 7) is 2.57. The molecule has 0 spiro atoms. The Morgan fingerprint density at radius 3 is 2.62 bits per heavy atom. The van der Waals surface area contributed by atoms with Gasteiger partial charge in [-0.1, -0.05) is 41.9 Å². The summed E-state index contributed by atoms with van der Waals surface area (Å²) in [5, 5.41) is 0.728. The molecule has 1 aliphatic rings. The van der Waals surface area contributed by atoms with Crippen molar-refractivity contribution in [1.82, 2.24) is 9.47 Å². The lowest BCUT2D eigenvalue weighted by Crippen LogP contribution is -2.37. The summed E-state index contributed by atoms with van der Waals surface area (Å²) in [7, 11) is 0. The van der Waals surface area contributed by atoms with Gasteiger partial charge >= 0.3 is 0 Å². The fraction of sp³-hybridized carbons (Fsp3) is 0.300. The van der Waals surface area contributed by atoms with E-state index in [1.807, 2.05) is 48.5 Å². The van der Waals surface area contributed by atoms with Gasteiger partial charge in [0.25, 0.3) is 0 Å². The minimum Gasteiger partial charge on any atom is -0.309 e. The second-order valence-corrected chi connectivity index (χ2v) is 8.78. The molecule has 0 bridgehead atoms. The van der Waals surface area contributed by atoms with Crippen molar-refractivity contribution in [1.29, 1.82) is 0 Å². The Bertz CT molecular complexity index is 988. The van der Waals surface area contributed by atoms with Crippen molar-refractivity contribution < 1.29 is 4.79 Å². The van der Waals surface area contributed by atoms with Gasteiger partial charge in [-0.05, 0) is 43.3 Å². The number of hydrogen-bond donors (Lipinski definition) is 0. The Labute approximate surface area is 166 Å². The Morgan fingerprint density at radius 2 is 1.88 bits per heavy atom. The number of carbonyl (C=O) groups excluding carboxylic acids is 1. The van der Waals surface area contributed by atoms with Gasteiger partial charge in [0.1, 0.15) is 0 Å². The van der Waals surface area contributed by atoms with Gasteiger partial charge in [-0.3, -0.25) is 9.69 Å². The van der Waals surface area contributed by atoms with E-state index in [1.54, 1.807) is 11.3 Å². The third-order valence-corrected chi connectivity index (χ3v) is 6.65. The molecule has 3 nitrogen and oxygen atoms in total. The molecule has 0 aliphatic carbocycles. The Morgan fingerprint density at radius 1 is 1.15 bits per heavy atom. The highest BCUT2D eigenvalue weighted by molar-refractivity contribution is 7.73. The minimum absolute atomic E-state index is 0.121. The van der Waals surface area contributed by atoms with E-state index in [2.05, 4.69) is 9.47 Å². The van der Waals surface area contributed by atoms with Crippen molar-refractivity contribution in [3.05, 3.63) is 63.1 Å². The van der Waals surface area contributed by atoms with Crippen molar-refractivity contribution in [2.24, 2.45) is 5.92 Å². The van der Waals surface area contributed by atoms with Crippen LogP contribution in [-0.2, 0) is 6.67 Å². The highest BCUT2D eigenvalue weighted by Crippen LogP contribution is 2.28. The largest absolute Gasteiger partial charge is 0.309 e. The number of rotatable bonds is 4. The Hall–Kier alpha value is -1.53. The molecule has 0 unspecified atom stereocenters. The normalized spacial score (nSPS) is 16.2. The monoisotopic (exact) mass is 402 g/mol. The number of benzene rings is 2. The van der Waals surface area contributed by atoms with Crippen LogP contribution in [0, 0.1) is 9.87 Å². The van der Waals surface area contributed by atoms with Crippen molar-refractivity contribution in [2.45, 2.75) is 19.5 Å². The van der Waals surface area contributed by atoms with Gasteiger partial charge in [0.2, 0.25) is 0 Å². The zero-order chi connectivity index (χ0) is 18.1. The third-order valence-electron chi connectivity index (χ3n) is 4.99. The highest BCUT2D eigenvalue weighted by atomic mass is 35.5. The van der Waals surface area contributed by atoms with Crippen LogP contribution in [0.25, 0.3) is 10.2 Å². The summed E-state index contributed by atoms with van der Waals surface area (Å²) in [5.74, 6) is 0.393. The lowest BCUT2D eigenvalue weighted by molar-refractivity contribution is 0.0813. The van der Waals surface area contributed by atoms with Crippen molar-refractivity contribution in [2.75, 3.05) is 13.1 Å². The third kappa shape index (κ3) is 3.62. The number of fused-ring (bicyclic) bond motifs is 1. The molecular formula is C20H19ClN2OS2. The number of thiazole rings is 1. The maximum atomic E-state index is 12.6. The first-order valence-corrected chi connectivity index (χ1v) is 10.3. The molecule has 26 heavy (non-hydrogen) atoms. The minimum atomic E-state index is 0.121. The standard InChI is InChI=1S/C20H19ClN2OS2/c21-16-6-7-18-17(12-16)23(20(25)26-18)13-22-10-8-15(9-11-22)19(24)14-4-2-1-3-5-14/h1-7,12,15H,8-11,13H2. The Kier molecular flexibility index (Phi) is 5.23. The molecule has 4 rings (SSSR count). The lowest BCUT2D eigenvalue weighted by atomic mass is 9.89. The molecule has 1 aliphatic heterocycles. The fourth-order valence-electron chi connectivity index (χ4n) is 3.54. The zero-order valence-electron chi connectivity index (χ0n) is 14.2. The predicted octanol–water partition coefficient (Wildman–Crippen LogP) is 5.64. The van der Waals surface area contributed by atoms with Crippen LogP contribution < -0.4 is 0 Å². The van der Waals surface area contributed by atoms with Gasteiger partial charge in [0.05, 0.1) is 16.9 Å². The van der Waals surface area contributed by atoms with Gasteiger partial charge < -0.3 is 4.57 Å². The molecule has 2 aromatic carbocycles. The average Bonchev–Trinajstić information content (AvgIpc) is 2.97. The van der Waals surface area contributed by atoms with Gasteiger partial charge in [0, 0.05) is 29.6 Å². The van der Waals surface area contributed by atoms with E-state index < -0.39 is 0 Å².